The van der Waals surface area contributed by atoms with Crippen LogP contribution in [0.2, 0.25) is 5.02 Å². The summed E-state index contributed by atoms with van der Waals surface area (Å²) in [5.41, 5.74) is 3.98. The number of thioether (sulfide) groups is 1. The summed E-state index contributed by atoms with van der Waals surface area (Å²) in [5.74, 6) is 0.761. The second-order valence-electron chi connectivity index (χ2n) is 5.72. The second kappa shape index (κ2) is 7.77. The summed E-state index contributed by atoms with van der Waals surface area (Å²) in [6.07, 6.45) is 0. The molecule has 3 aromatic carbocycles. The Labute approximate surface area is 162 Å². The fourth-order valence-corrected chi connectivity index (χ4v) is 3.65. The van der Waals surface area contributed by atoms with Gasteiger partial charge in [-0.1, -0.05) is 71.9 Å². The van der Waals surface area contributed by atoms with E-state index in [0.717, 1.165) is 38.6 Å². The highest BCUT2D eigenvalue weighted by molar-refractivity contribution is 8.14. The summed E-state index contributed by atoms with van der Waals surface area (Å²) >= 11 is 7.69. The first-order valence-corrected chi connectivity index (χ1v) is 9.61. The Bertz CT molecular complexity index is 938. The molecule has 1 aliphatic rings. The third-order valence-electron chi connectivity index (χ3n) is 3.90. The summed E-state index contributed by atoms with van der Waals surface area (Å²) in [5, 5.41) is 8.38. The Kier molecular flexibility index (Phi) is 5.04. The molecular weight excluding hydrogens is 362 g/mol. The Morgan fingerprint density at radius 1 is 0.846 bits per heavy atom. The first-order chi connectivity index (χ1) is 12.8. The third kappa shape index (κ3) is 3.82. The molecule has 1 aliphatic heterocycles. The van der Waals surface area contributed by atoms with Gasteiger partial charge >= 0.3 is 0 Å². The van der Waals surface area contributed by atoms with Crippen molar-refractivity contribution in [1.82, 2.24) is 0 Å². The molecule has 128 valence electrons. The Balaban J connectivity index is 1.75. The van der Waals surface area contributed by atoms with Crippen LogP contribution in [0.5, 0.6) is 0 Å². The van der Waals surface area contributed by atoms with E-state index < -0.39 is 0 Å². The molecule has 0 aliphatic carbocycles. The lowest BCUT2D eigenvalue weighted by Crippen LogP contribution is -2.30. The minimum absolute atomic E-state index is 0.726. The molecule has 0 radical (unpaired) electrons. The van der Waals surface area contributed by atoms with Crippen molar-refractivity contribution in [2.75, 3.05) is 10.8 Å². The number of hydrazone groups is 1. The Hall–Kier alpha value is -2.56. The van der Waals surface area contributed by atoms with Crippen molar-refractivity contribution in [3.05, 3.63) is 95.5 Å². The summed E-state index contributed by atoms with van der Waals surface area (Å²) in [6, 6.07) is 27.8. The van der Waals surface area contributed by atoms with Gasteiger partial charge in [-0.15, -0.1) is 0 Å². The summed E-state index contributed by atoms with van der Waals surface area (Å²) in [6.45, 7) is 0. The number of anilines is 1. The molecule has 0 N–H and O–H groups in total. The zero-order chi connectivity index (χ0) is 17.8. The highest BCUT2D eigenvalue weighted by Crippen LogP contribution is 2.28. The Morgan fingerprint density at radius 2 is 1.50 bits per heavy atom. The van der Waals surface area contributed by atoms with Gasteiger partial charge in [0.25, 0.3) is 0 Å². The van der Waals surface area contributed by atoms with E-state index in [0.29, 0.717) is 0 Å². The van der Waals surface area contributed by atoms with Gasteiger partial charge in [0.05, 0.1) is 17.1 Å². The molecule has 0 amide bonds. The summed E-state index contributed by atoms with van der Waals surface area (Å²) in [4.78, 5) is 4.80. The molecule has 5 heteroatoms. The van der Waals surface area contributed by atoms with Crippen molar-refractivity contribution in [3.63, 3.8) is 0 Å². The Morgan fingerprint density at radius 3 is 2.19 bits per heavy atom. The first-order valence-electron chi connectivity index (χ1n) is 8.25. The fourth-order valence-electron chi connectivity index (χ4n) is 2.60. The van der Waals surface area contributed by atoms with Gasteiger partial charge in [-0.3, -0.25) is 0 Å². The largest absolute Gasteiger partial charge is 0.223 e. The third-order valence-corrected chi connectivity index (χ3v) is 5.09. The van der Waals surface area contributed by atoms with E-state index >= 15 is 0 Å². The molecule has 1 heterocycles. The molecule has 0 unspecified atom stereocenters. The smallest absolute Gasteiger partial charge is 0.190 e. The van der Waals surface area contributed by atoms with E-state index in [4.69, 9.17) is 21.7 Å². The van der Waals surface area contributed by atoms with Crippen molar-refractivity contribution in [3.8, 4) is 0 Å². The predicted octanol–water partition coefficient (Wildman–Crippen LogP) is 5.99. The van der Waals surface area contributed by atoms with Crippen LogP contribution in [0.15, 0.2) is 95.0 Å². The number of para-hydroxylation sites is 2. The number of aliphatic imine (C=N–C) groups is 1. The van der Waals surface area contributed by atoms with Crippen LogP contribution in [0.1, 0.15) is 5.56 Å². The maximum atomic E-state index is 6.01. The number of hydrogen-bond acceptors (Lipinski definition) is 3. The number of halogens is 1. The number of benzene rings is 3. The zero-order valence-corrected chi connectivity index (χ0v) is 15.5. The zero-order valence-electron chi connectivity index (χ0n) is 13.9. The van der Waals surface area contributed by atoms with Crippen molar-refractivity contribution in [2.45, 2.75) is 0 Å². The van der Waals surface area contributed by atoms with E-state index in [9.17, 15) is 0 Å². The van der Waals surface area contributed by atoms with E-state index in [1.165, 1.54) is 0 Å². The van der Waals surface area contributed by atoms with Crippen molar-refractivity contribution >= 4 is 45.6 Å². The van der Waals surface area contributed by atoms with Crippen molar-refractivity contribution in [1.29, 1.82) is 0 Å². The minimum Gasteiger partial charge on any atom is -0.223 e. The lowest BCUT2D eigenvalue weighted by atomic mass is 10.1. The maximum absolute atomic E-state index is 6.01. The van der Waals surface area contributed by atoms with Gasteiger partial charge in [0.15, 0.2) is 5.17 Å². The van der Waals surface area contributed by atoms with Crippen LogP contribution in [-0.2, 0) is 0 Å². The molecule has 3 aromatic rings. The molecule has 4 rings (SSSR count). The SMILES string of the molecule is Clc1ccc(C2=NN(c3ccccc3)C(=Nc3ccccc3)SC2)cc1. The molecule has 0 spiro atoms. The van der Waals surface area contributed by atoms with Crippen LogP contribution in [0.3, 0.4) is 0 Å². The van der Waals surface area contributed by atoms with Crippen molar-refractivity contribution in [2.24, 2.45) is 10.1 Å². The molecule has 0 saturated carbocycles. The highest BCUT2D eigenvalue weighted by Gasteiger charge is 2.22. The highest BCUT2D eigenvalue weighted by atomic mass is 35.5. The normalized spacial score (nSPS) is 15.8. The molecule has 3 nitrogen and oxygen atoms in total. The van der Waals surface area contributed by atoms with Crippen LogP contribution in [0.4, 0.5) is 11.4 Å². The molecule has 0 fully saturated rings. The average Bonchev–Trinajstić information content (AvgIpc) is 2.70. The molecular formula is C21H16ClN3S. The van der Waals surface area contributed by atoms with Crippen LogP contribution in [-0.4, -0.2) is 16.6 Å². The van der Waals surface area contributed by atoms with Gasteiger partial charge in [0.1, 0.15) is 0 Å². The van der Waals surface area contributed by atoms with Crippen LogP contribution < -0.4 is 5.01 Å². The number of hydrogen-bond donors (Lipinski definition) is 0. The minimum atomic E-state index is 0.726. The molecule has 0 saturated heterocycles. The maximum Gasteiger partial charge on any atom is 0.190 e. The summed E-state index contributed by atoms with van der Waals surface area (Å²) < 4.78 is 0. The fraction of sp³-hybridized carbons (Fsp3) is 0.0476. The molecule has 0 atom stereocenters. The van der Waals surface area contributed by atoms with Crippen molar-refractivity contribution < 1.29 is 0 Å². The van der Waals surface area contributed by atoms with Gasteiger partial charge in [0, 0.05) is 10.8 Å². The van der Waals surface area contributed by atoms with E-state index in [2.05, 4.69) is 0 Å². The topological polar surface area (TPSA) is 28.0 Å². The summed E-state index contributed by atoms with van der Waals surface area (Å²) in [7, 11) is 0. The number of amidine groups is 1. The lowest BCUT2D eigenvalue weighted by molar-refractivity contribution is 1.13. The van der Waals surface area contributed by atoms with Crippen LogP contribution >= 0.6 is 23.4 Å². The quantitative estimate of drug-likeness (QED) is 0.561. The van der Waals surface area contributed by atoms with Gasteiger partial charge in [-0.25, -0.2) is 10.0 Å². The van der Waals surface area contributed by atoms with Gasteiger partial charge in [-0.05, 0) is 42.0 Å². The second-order valence-corrected chi connectivity index (χ2v) is 7.10. The lowest BCUT2D eigenvalue weighted by Gasteiger charge is -2.26. The van der Waals surface area contributed by atoms with Gasteiger partial charge < -0.3 is 0 Å². The van der Waals surface area contributed by atoms with Gasteiger partial charge in [0.2, 0.25) is 0 Å². The van der Waals surface area contributed by atoms with E-state index in [1.807, 2.05) is 89.9 Å². The van der Waals surface area contributed by atoms with Crippen LogP contribution in [0, 0.1) is 0 Å². The van der Waals surface area contributed by atoms with E-state index in [-0.39, 0.29) is 0 Å². The molecule has 0 aromatic heterocycles. The first kappa shape index (κ1) is 16.9. The van der Waals surface area contributed by atoms with E-state index in [1.54, 1.807) is 11.8 Å². The monoisotopic (exact) mass is 377 g/mol. The molecule has 26 heavy (non-hydrogen) atoms. The number of nitrogens with zero attached hydrogens (tertiary/aromatic N) is 3. The van der Waals surface area contributed by atoms with Gasteiger partial charge in [-0.2, -0.15) is 5.10 Å². The standard InChI is InChI=1S/C21H16ClN3S/c22-17-13-11-16(12-14-17)20-15-26-21(23-18-7-3-1-4-8-18)25(24-20)19-9-5-2-6-10-19/h1-14H,15H2. The van der Waals surface area contributed by atoms with Crippen LogP contribution in [0.25, 0.3) is 0 Å². The average molecular weight is 378 g/mol. The number of rotatable bonds is 3. The molecule has 0 bridgehead atoms. The predicted molar refractivity (Wildman–Crippen MR) is 113 cm³/mol.